The molecule has 1 heterocycles. The van der Waals surface area contributed by atoms with E-state index in [2.05, 4.69) is 28.6 Å². The summed E-state index contributed by atoms with van der Waals surface area (Å²) in [5, 5.41) is 3.10. The minimum absolute atomic E-state index is 0.0562. The highest BCUT2D eigenvalue weighted by Gasteiger charge is 2.29. The topological polar surface area (TPSA) is 32.3 Å². The number of thioether (sulfide) groups is 1. The number of benzene rings is 2. The van der Waals surface area contributed by atoms with Crippen molar-refractivity contribution in [1.82, 2.24) is 4.90 Å². The number of nitrogens with zero attached hydrogens (tertiary/aromatic N) is 1. The summed E-state index contributed by atoms with van der Waals surface area (Å²) in [4.78, 5) is 15.2. The first-order valence-corrected chi connectivity index (χ1v) is 9.85. The van der Waals surface area contributed by atoms with Gasteiger partial charge in [-0.25, -0.2) is 0 Å². The van der Waals surface area contributed by atoms with E-state index in [0.717, 1.165) is 30.1 Å². The SMILES string of the molecule is CSCc1ccc(NC(=O)C(c2ccccc2)N2CCCC2)cc1. The number of carbonyl (C=O) groups excluding carboxylic acids is 1. The standard InChI is InChI=1S/C20H24N2OS/c1-24-15-16-9-11-18(12-10-16)21-20(23)19(22-13-5-6-14-22)17-7-3-2-4-8-17/h2-4,7-12,19H,5-6,13-15H2,1H3,(H,21,23). The van der Waals surface area contributed by atoms with Crippen LogP contribution in [-0.2, 0) is 10.5 Å². The van der Waals surface area contributed by atoms with Gasteiger partial charge in [-0.15, -0.1) is 0 Å². The third kappa shape index (κ3) is 4.19. The molecular weight excluding hydrogens is 316 g/mol. The van der Waals surface area contributed by atoms with E-state index in [4.69, 9.17) is 0 Å². The summed E-state index contributed by atoms with van der Waals surface area (Å²) in [7, 11) is 0. The minimum Gasteiger partial charge on any atom is -0.324 e. The fourth-order valence-corrected chi connectivity index (χ4v) is 3.75. The maximum atomic E-state index is 13.0. The van der Waals surface area contributed by atoms with Crippen LogP contribution in [0.5, 0.6) is 0 Å². The molecule has 4 heteroatoms. The highest BCUT2D eigenvalue weighted by atomic mass is 32.2. The Hall–Kier alpha value is -1.78. The molecular formula is C20H24N2OS. The van der Waals surface area contributed by atoms with Crippen LogP contribution in [0, 0.1) is 0 Å². The van der Waals surface area contributed by atoms with Gasteiger partial charge >= 0.3 is 0 Å². The van der Waals surface area contributed by atoms with Gasteiger partial charge in [-0.2, -0.15) is 11.8 Å². The minimum atomic E-state index is -0.209. The summed E-state index contributed by atoms with van der Waals surface area (Å²) >= 11 is 1.80. The van der Waals surface area contributed by atoms with Crippen LogP contribution < -0.4 is 5.32 Å². The smallest absolute Gasteiger partial charge is 0.246 e. The van der Waals surface area contributed by atoms with Crippen LogP contribution in [0.3, 0.4) is 0 Å². The van der Waals surface area contributed by atoms with Gasteiger partial charge in [0.2, 0.25) is 5.91 Å². The van der Waals surface area contributed by atoms with Gasteiger partial charge in [0, 0.05) is 11.4 Å². The van der Waals surface area contributed by atoms with Gasteiger partial charge < -0.3 is 5.32 Å². The third-order valence-electron chi connectivity index (χ3n) is 4.40. The molecule has 3 rings (SSSR count). The zero-order valence-corrected chi connectivity index (χ0v) is 14.9. The molecule has 0 bridgehead atoms. The van der Waals surface area contributed by atoms with Crippen LogP contribution in [0.2, 0.25) is 0 Å². The lowest BCUT2D eigenvalue weighted by Gasteiger charge is -2.27. The van der Waals surface area contributed by atoms with Crippen LogP contribution in [0.25, 0.3) is 0 Å². The Morgan fingerprint density at radius 1 is 1.08 bits per heavy atom. The van der Waals surface area contributed by atoms with Crippen molar-refractivity contribution in [2.75, 3.05) is 24.7 Å². The molecule has 2 aromatic rings. The lowest BCUT2D eigenvalue weighted by atomic mass is 10.0. The molecule has 0 radical (unpaired) electrons. The van der Waals surface area contributed by atoms with Crippen LogP contribution >= 0.6 is 11.8 Å². The summed E-state index contributed by atoms with van der Waals surface area (Å²) in [6, 6.07) is 18.0. The first-order valence-electron chi connectivity index (χ1n) is 8.45. The van der Waals surface area contributed by atoms with Crippen molar-refractivity contribution in [2.45, 2.75) is 24.6 Å². The largest absolute Gasteiger partial charge is 0.324 e. The van der Waals surface area contributed by atoms with E-state index in [1.165, 1.54) is 18.4 Å². The second-order valence-corrected chi connectivity index (χ2v) is 7.04. The first-order chi connectivity index (χ1) is 11.8. The van der Waals surface area contributed by atoms with E-state index < -0.39 is 0 Å². The number of carbonyl (C=O) groups is 1. The van der Waals surface area contributed by atoms with E-state index in [-0.39, 0.29) is 11.9 Å². The monoisotopic (exact) mass is 340 g/mol. The Kier molecular flexibility index (Phi) is 5.94. The molecule has 2 aromatic carbocycles. The van der Waals surface area contributed by atoms with Crippen molar-refractivity contribution in [1.29, 1.82) is 0 Å². The number of anilines is 1. The number of nitrogens with one attached hydrogen (secondary N) is 1. The Morgan fingerprint density at radius 2 is 1.75 bits per heavy atom. The quantitative estimate of drug-likeness (QED) is 0.850. The van der Waals surface area contributed by atoms with E-state index in [9.17, 15) is 4.79 Å². The number of likely N-dealkylation sites (tertiary alicyclic amines) is 1. The fourth-order valence-electron chi connectivity index (χ4n) is 3.22. The van der Waals surface area contributed by atoms with Crippen molar-refractivity contribution in [3.05, 3.63) is 65.7 Å². The normalized spacial score (nSPS) is 16.0. The summed E-state index contributed by atoms with van der Waals surface area (Å²) < 4.78 is 0. The average Bonchev–Trinajstić information content (AvgIpc) is 3.12. The molecule has 3 nitrogen and oxygen atoms in total. The lowest BCUT2D eigenvalue weighted by Crippen LogP contribution is -2.35. The summed E-state index contributed by atoms with van der Waals surface area (Å²) in [6.45, 7) is 1.97. The molecule has 1 N–H and O–H groups in total. The van der Waals surface area contributed by atoms with E-state index >= 15 is 0 Å². The molecule has 0 aromatic heterocycles. The third-order valence-corrected chi connectivity index (χ3v) is 5.02. The molecule has 0 saturated carbocycles. The molecule has 1 atom stereocenters. The zero-order chi connectivity index (χ0) is 16.8. The number of hydrogen-bond donors (Lipinski definition) is 1. The van der Waals surface area contributed by atoms with Crippen LogP contribution in [0.15, 0.2) is 54.6 Å². The van der Waals surface area contributed by atoms with Gasteiger partial charge in [-0.3, -0.25) is 9.69 Å². The second-order valence-electron chi connectivity index (χ2n) is 6.18. The Labute approximate surface area is 148 Å². The first kappa shape index (κ1) is 17.1. The number of rotatable bonds is 6. The fraction of sp³-hybridized carbons (Fsp3) is 0.350. The van der Waals surface area contributed by atoms with Gasteiger partial charge in [0.1, 0.15) is 6.04 Å². The van der Waals surface area contributed by atoms with Crippen molar-refractivity contribution in [3.63, 3.8) is 0 Å². The molecule has 1 amide bonds. The van der Waals surface area contributed by atoms with Crippen molar-refractivity contribution >= 4 is 23.4 Å². The summed E-state index contributed by atoms with van der Waals surface area (Å²) in [5.41, 5.74) is 3.21. The molecule has 126 valence electrons. The average molecular weight is 340 g/mol. The lowest BCUT2D eigenvalue weighted by molar-refractivity contribution is -0.121. The van der Waals surface area contributed by atoms with Gasteiger partial charge in [-0.1, -0.05) is 42.5 Å². The molecule has 1 saturated heterocycles. The summed E-state index contributed by atoms with van der Waals surface area (Å²) in [5.74, 6) is 1.05. The van der Waals surface area contributed by atoms with E-state index in [1.807, 2.05) is 42.5 Å². The van der Waals surface area contributed by atoms with Crippen LogP contribution in [0.1, 0.15) is 30.0 Å². The van der Waals surface area contributed by atoms with Crippen LogP contribution in [0.4, 0.5) is 5.69 Å². The predicted octanol–water partition coefficient (Wildman–Crippen LogP) is 4.33. The zero-order valence-electron chi connectivity index (χ0n) is 14.1. The molecule has 0 aliphatic carbocycles. The highest BCUT2D eigenvalue weighted by molar-refractivity contribution is 7.97. The van der Waals surface area contributed by atoms with E-state index in [1.54, 1.807) is 11.8 Å². The van der Waals surface area contributed by atoms with Crippen LogP contribution in [-0.4, -0.2) is 30.2 Å². The molecule has 0 spiro atoms. The van der Waals surface area contributed by atoms with Gasteiger partial charge in [0.15, 0.2) is 0 Å². The molecule has 1 aliphatic rings. The Balaban J connectivity index is 1.76. The molecule has 24 heavy (non-hydrogen) atoms. The highest BCUT2D eigenvalue weighted by Crippen LogP contribution is 2.26. The maximum Gasteiger partial charge on any atom is 0.246 e. The van der Waals surface area contributed by atoms with Crippen molar-refractivity contribution < 1.29 is 4.79 Å². The van der Waals surface area contributed by atoms with Crippen molar-refractivity contribution in [2.24, 2.45) is 0 Å². The molecule has 1 fully saturated rings. The maximum absolute atomic E-state index is 13.0. The molecule has 1 aliphatic heterocycles. The number of hydrogen-bond acceptors (Lipinski definition) is 3. The Bertz CT molecular complexity index is 651. The Morgan fingerprint density at radius 3 is 2.38 bits per heavy atom. The van der Waals surface area contributed by atoms with Gasteiger partial charge in [-0.05, 0) is 55.4 Å². The number of amides is 1. The van der Waals surface area contributed by atoms with Gasteiger partial charge in [0.25, 0.3) is 0 Å². The van der Waals surface area contributed by atoms with Gasteiger partial charge in [0.05, 0.1) is 0 Å². The second kappa shape index (κ2) is 8.36. The van der Waals surface area contributed by atoms with Crippen molar-refractivity contribution in [3.8, 4) is 0 Å². The van der Waals surface area contributed by atoms with E-state index in [0.29, 0.717) is 0 Å². The summed E-state index contributed by atoms with van der Waals surface area (Å²) in [6.07, 6.45) is 4.43. The predicted molar refractivity (Wildman–Crippen MR) is 102 cm³/mol. The molecule has 1 unspecified atom stereocenters.